The largest absolute Gasteiger partial charge is 0.399 e. The summed E-state index contributed by atoms with van der Waals surface area (Å²) in [6, 6.07) is 7.94. The molecular weight excluding hydrogens is 262 g/mol. The van der Waals surface area contributed by atoms with Gasteiger partial charge in [-0.25, -0.2) is 0 Å². The quantitative estimate of drug-likeness (QED) is 0.819. The van der Waals surface area contributed by atoms with Crippen molar-refractivity contribution in [2.45, 2.75) is 39.2 Å². The molecular formula is C17H27N3O. The summed E-state index contributed by atoms with van der Waals surface area (Å²) in [6.45, 7) is 6.25. The Morgan fingerprint density at radius 2 is 2.05 bits per heavy atom. The van der Waals surface area contributed by atoms with Crippen LogP contribution in [0.25, 0.3) is 0 Å². The number of carbonyl (C=O) groups is 1. The Labute approximate surface area is 127 Å². The van der Waals surface area contributed by atoms with E-state index in [0.29, 0.717) is 6.54 Å². The lowest BCUT2D eigenvalue weighted by Crippen LogP contribution is -2.42. The van der Waals surface area contributed by atoms with Gasteiger partial charge < -0.3 is 10.6 Å². The van der Waals surface area contributed by atoms with Gasteiger partial charge in [-0.15, -0.1) is 0 Å². The smallest absolute Gasteiger partial charge is 0.236 e. The van der Waals surface area contributed by atoms with Gasteiger partial charge in [0, 0.05) is 25.3 Å². The molecule has 4 heteroatoms. The minimum Gasteiger partial charge on any atom is -0.399 e. The van der Waals surface area contributed by atoms with Crippen LogP contribution in [0.4, 0.5) is 5.69 Å². The van der Waals surface area contributed by atoms with Crippen LogP contribution in [0.15, 0.2) is 24.3 Å². The molecule has 1 amide bonds. The second-order valence-electron chi connectivity index (χ2n) is 5.90. The number of rotatable bonds is 6. The highest BCUT2D eigenvalue weighted by Gasteiger charge is 2.19. The van der Waals surface area contributed by atoms with Gasteiger partial charge in [-0.05, 0) is 49.9 Å². The number of hydrogen-bond acceptors (Lipinski definition) is 3. The molecule has 1 fully saturated rings. The molecule has 0 atom stereocenters. The number of carbonyl (C=O) groups excluding carboxylic acids is 1. The molecule has 0 aliphatic carbocycles. The summed E-state index contributed by atoms with van der Waals surface area (Å²) in [5, 5.41) is 0. The molecule has 2 N–H and O–H groups in total. The van der Waals surface area contributed by atoms with Crippen LogP contribution in [-0.4, -0.2) is 41.9 Å². The molecule has 1 aliphatic rings. The Balaban J connectivity index is 1.93. The van der Waals surface area contributed by atoms with E-state index in [2.05, 4.69) is 17.9 Å². The molecule has 1 aliphatic heterocycles. The van der Waals surface area contributed by atoms with Crippen LogP contribution in [-0.2, 0) is 11.3 Å². The van der Waals surface area contributed by atoms with E-state index in [4.69, 9.17) is 5.73 Å². The predicted octanol–water partition coefficient (Wildman–Crippen LogP) is 2.49. The molecule has 1 aromatic carbocycles. The first-order chi connectivity index (χ1) is 10.2. The van der Waals surface area contributed by atoms with Gasteiger partial charge >= 0.3 is 0 Å². The van der Waals surface area contributed by atoms with Crippen molar-refractivity contribution in [3.63, 3.8) is 0 Å². The molecule has 2 rings (SSSR count). The fourth-order valence-electron chi connectivity index (χ4n) is 2.91. The lowest BCUT2D eigenvalue weighted by atomic mass is 10.1. The van der Waals surface area contributed by atoms with Crippen molar-refractivity contribution in [3.8, 4) is 0 Å². The SMILES string of the molecule is CCCN(CC(=O)N1CCCCC1)Cc1cccc(N)c1. The predicted molar refractivity (Wildman–Crippen MR) is 86.9 cm³/mol. The number of anilines is 1. The highest BCUT2D eigenvalue weighted by molar-refractivity contribution is 5.78. The van der Waals surface area contributed by atoms with Crippen molar-refractivity contribution in [3.05, 3.63) is 29.8 Å². The minimum absolute atomic E-state index is 0.270. The number of benzene rings is 1. The van der Waals surface area contributed by atoms with Gasteiger partial charge in [0.15, 0.2) is 0 Å². The van der Waals surface area contributed by atoms with Crippen molar-refractivity contribution in [1.82, 2.24) is 9.80 Å². The minimum atomic E-state index is 0.270. The number of amides is 1. The molecule has 0 saturated carbocycles. The van der Waals surface area contributed by atoms with Crippen LogP contribution in [0, 0.1) is 0 Å². The summed E-state index contributed by atoms with van der Waals surface area (Å²) in [5.74, 6) is 0.270. The van der Waals surface area contributed by atoms with Gasteiger partial charge in [-0.2, -0.15) is 0 Å². The first kappa shape index (κ1) is 15.8. The normalized spacial score (nSPS) is 15.4. The number of nitrogen functional groups attached to an aromatic ring is 1. The third kappa shape index (κ3) is 5.05. The molecule has 1 saturated heterocycles. The average molecular weight is 289 g/mol. The van der Waals surface area contributed by atoms with E-state index in [-0.39, 0.29) is 5.91 Å². The molecule has 1 heterocycles. The van der Waals surface area contributed by atoms with E-state index < -0.39 is 0 Å². The topological polar surface area (TPSA) is 49.6 Å². The molecule has 4 nitrogen and oxygen atoms in total. The molecule has 0 unspecified atom stereocenters. The van der Waals surface area contributed by atoms with Crippen LogP contribution in [0.3, 0.4) is 0 Å². The molecule has 0 bridgehead atoms. The highest BCUT2D eigenvalue weighted by atomic mass is 16.2. The number of piperidine rings is 1. The third-order valence-corrected chi connectivity index (χ3v) is 3.96. The Bertz CT molecular complexity index is 455. The van der Waals surface area contributed by atoms with Crippen molar-refractivity contribution >= 4 is 11.6 Å². The summed E-state index contributed by atoms with van der Waals surface area (Å²) < 4.78 is 0. The Morgan fingerprint density at radius 1 is 1.29 bits per heavy atom. The van der Waals surface area contributed by atoms with Crippen molar-refractivity contribution in [2.24, 2.45) is 0 Å². The monoisotopic (exact) mass is 289 g/mol. The van der Waals surface area contributed by atoms with E-state index in [1.54, 1.807) is 0 Å². The lowest BCUT2D eigenvalue weighted by Gasteiger charge is -2.30. The van der Waals surface area contributed by atoms with Crippen molar-refractivity contribution in [1.29, 1.82) is 0 Å². The molecule has 116 valence electrons. The molecule has 0 aromatic heterocycles. The van der Waals surface area contributed by atoms with E-state index in [1.165, 1.54) is 12.0 Å². The van der Waals surface area contributed by atoms with Crippen LogP contribution in [0.5, 0.6) is 0 Å². The molecule has 0 radical (unpaired) electrons. The van der Waals surface area contributed by atoms with Gasteiger partial charge in [0.25, 0.3) is 0 Å². The maximum absolute atomic E-state index is 12.4. The molecule has 21 heavy (non-hydrogen) atoms. The Kier molecular flexibility index (Phi) is 6.05. The fourth-order valence-corrected chi connectivity index (χ4v) is 2.91. The first-order valence-electron chi connectivity index (χ1n) is 8.03. The number of likely N-dealkylation sites (tertiary alicyclic amines) is 1. The van der Waals surface area contributed by atoms with Crippen molar-refractivity contribution < 1.29 is 4.79 Å². The fraction of sp³-hybridized carbons (Fsp3) is 0.588. The lowest BCUT2D eigenvalue weighted by molar-refractivity contribution is -0.133. The van der Waals surface area contributed by atoms with Gasteiger partial charge in [-0.3, -0.25) is 9.69 Å². The molecule has 0 spiro atoms. The van der Waals surface area contributed by atoms with E-state index in [1.807, 2.05) is 23.1 Å². The number of hydrogen-bond donors (Lipinski definition) is 1. The van der Waals surface area contributed by atoms with Crippen LogP contribution < -0.4 is 5.73 Å². The zero-order chi connectivity index (χ0) is 15.1. The third-order valence-electron chi connectivity index (χ3n) is 3.96. The zero-order valence-corrected chi connectivity index (χ0v) is 13.1. The van der Waals surface area contributed by atoms with Gasteiger partial charge in [-0.1, -0.05) is 19.1 Å². The van der Waals surface area contributed by atoms with Gasteiger partial charge in [0.2, 0.25) is 5.91 Å². The van der Waals surface area contributed by atoms with E-state index in [0.717, 1.165) is 51.1 Å². The number of nitrogens with zero attached hydrogens (tertiary/aromatic N) is 2. The average Bonchev–Trinajstić information content (AvgIpc) is 2.48. The maximum Gasteiger partial charge on any atom is 0.236 e. The first-order valence-corrected chi connectivity index (χ1v) is 8.03. The summed E-state index contributed by atoms with van der Waals surface area (Å²) in [4.78, 5) is 16.6. The van der Waals surface area contributed by atoms with Gasteiger partial charge in [0.1, 0.15) is 0 Å². The maximum atomic E-state index is 12.4. The van der Waals surface area contributed by atoms with Crippen LogP contribution in [0.1, 0.15) is 38.2 Å². The summed E-state index contributed by atoms with van der Waals surface area (Å²) in [7, 11) is 0. The molecule has 1 aromatic rings. The Morgan fingerprint density at radius 3 is 2.71 bits per heavy atom. The van der Waals surface area contributed by atoms with Crippen LogP contribution >= 0.6 is 0 Å². The standard InChI is InChI=1S/C17H27N3O/c1-2-9-19(13-15-7-6-8-16(18)12-15)14-17(21)20-10-4-3-5-11-20/h6-8,12H,2-5,9-11,13-14,18H2,1H3. The van der Waals surface area contributed by atoms with Crippen LogP contribution in [0.2, 0.25) is 0 Å². The second kappa shape index (κ2) is 8.03. The second-order valence-corrected chi connectivity index (χ2v) is 5.90. The summed E-state index contributed by atoms with van der Waals surface area (Å²) >= 11 is 0. The number of nitrogens with two attached hydrogens (primary N) is 1. The van der Waals surface area contributed by atoms with E-state index in [9.17, 15) is 4.79 Å². The van der Waals surface area contributed by atoms with E-state index >= 15 is 0 Å². The van der Waals surface area contributed by atoms with Crippen molar-refractivity contribution in [2.75, 3.05) is 31.9 Å². The van der Waals surface area contributed by atoms with Gasteiger partial charge in [0.05, 0.1) is 6.54 Å². The Hall–Kier alpha value is -1.55. The highest BCUT2D eigenvalue weighted by Crippen LogP contribution is 2.12. The zero-order valence-electron chi connectivity index (χ0n) is 13.1. The summed E-state index contributed by atoms with van der Waals surface area (Å²) in [5.41, 5.74) is 7.79. The summed E-state index contributed by atoms with van der Waals surface area (Å²) in [6.07, 6.45) is 4.60.